The lowest BCUT2D eigenvalue weighted by atomic mass is 10.1. The fourth-order valence-electron chi connectivity index (χ4n) is 2.71. The van der Waals surface area contributed by atoms with Gasteiger partial charge in [-0.25, -0.2) is 9.97 Å². The molecule has 20 heavy (non-hydrogen) atoms. The Morgan fingerprint density at radius 3 is 2.70 bits per heavy atom. The lowest BCUT2D eigenvalue weighted by Gasteiger charge is -2.15. The van der Waals surface area contributed by atoms with Crippen molar-refractivity contribution in [1.29, 1.82) is 0 Å². The van der Waals surface area contributed by atoms with Crippen LogP contribution in [0.1, 0.15) is 33.8 Å². The molecule has 2 N–H and O–H groups in total. The number of thiophene rings is 1. The number of aromatic nitrogens is 3. The Labute approximate surface area is 122 Å². The molecule has 104 valence electrons. The van der Waals surface area contributed by atoms with E-state index < -0.39 is 0 Å². The van der Waals surface area contributed by atoms with Crippen LogP contribution in [0.15, 0.2) is 18.3 Å². The predicted octanol–water partition coefficient (Wildman–Crippen LogP) is 3.61. The van der Waals surface area contributed by atoms with Gasteiger partial charge in [-0.2, -0.15) is 0 Å². The van der Waals surface area contributed by atoms with Gasteiger partial charge in [0.2, 0.25) is 5.95 Å². The number of hydrogen-bond acceptors (Lipinski definition) is 4. The molecule has 0 aliphatic carbocycles. The van der Waals surface area contributed by atoms with Crippen LogP contribution >= 0.6 is 11.3 Å². The van der Waals surface area contributed by atoms with E-state index in [1.807, 2.05) is 35.1 Å². The monoisotopic (exact) mass is 286 g/mol. The van der Waals surface area contributed by atoms with E-state index in [4.69, 9.17) is 5.73 Å². The molecule has 0 amide bonds. The van der Waals surface area contributed by atoms with Crippen LogP contribution in [0.5, 0.6) is 0 Å². The van der Waals surface area contributed by atoms with Crippen molar-refractivity contribution >= 4 is 28.4 Å². The molecular weight excluding hydrogens is 268 g/mol. The first-order valence-corrected chi connectivity index (χ1v) is 7.46. The molecule has 0 aliphatic rings. The van der Waals surface area contributed by atoms with Gasteiger partial charge in [-0.05, 0) is 51.0 Å². The minimum absolute atomic E-state index is 0.138. The highest BCUT2D eigenvalue weighted by Gasteiger charge is 2.20. The molecule has 0 radical (unpaired) electrons. The van der Waals surface area contributed by atoms with Crippen LogP contribution in [0.4, 0.5) is 5.95 Å². The van der Waals surface area contributed by atoms with Crippen LogP contribution in [0, 0.1) is 20.8 Å². The van der Waals surface area contributed by atoms with Gasteiger partial charge in [0.1, 0.15) is 5.52 Å². The van der Waals surface area contributed by atoms with Crippen LogP contribution < -0.4 is 5.73 Å². The summed E-state index contributed by atoms with van der Waals surface area (Å²) < 4.78 is 2.02. The summed E-state index contributed by atoms with van der Waals surface area (Å²) in [5.74, 6) is 0.526. The van der Waals surface area contributed by atoms with Crippen LogP contribution in [0.2, 0.25) is 0 Å². The van der Waals surface area contributed by atoms with Crippen molar-refractivity contribution in [2.24, 2.45) is 0 Å². The van der Waals surface area contributed by atoms with E-state index >= 15 is 0 Å². The van der Waals surface area contributed by atoms with Gasteiger partial charge in [-0.15, -0.1) is 11.3 Å². The predicted molar refractivity (Wildman–Crippen MR) is 84.3 cm³/mol. The Morgan fingerprint density at radius 2 is 2.05 bits per heavy atom. The molecule has 1 unspecified atom stereocenters. The number of imidazole rings is 1. The van der Waals surface area contributed by atoms with Gasteiger partial charge in [0.15, 0.2) is 5.65 Å². The van der Waals surface area contributed by atoms with E-state index in [1.54, 1.807) is 0 Å². The quantitative estimate of drug-likeness (QED) is 0.783. The van der Waals surface area contributed by atoms with Gasteiger partial charge >= 0.3 is 0 Å². The van der Waals surface area contributed by atoms with E-state index in [1.165, 1.54) is 15.3 Å². The topological polar surface area (TPSA) is 56.7 Å². The summed E-state index contributed by atoms with van der Waals surface area (Å²) in [5.41, 5.74) is 10.3. The first kappa shape index (κ1) is 13.1. The lowest BCUT2D eigenvalue weighted by molar-refractivity contribution is 0.661. The molecule has 0 saturated heterocycles. The molecule has 5 heteroatoms. The normalized spacial score (nSPS) is 13.0. The molecule has 3 heterocycles. The van der Waals surface area contributed by atoms with Gasteiger partial charge in [0.05, 0.1) is 6.04 Å². The fraction of sp³-hybridized carbons (Fsp3) is 0.333. The maximum absolute atomic E-state index is 6.13. The maximum Gasteiger partial charge on any atom is 0.203 e. The Morgan fingerprint density at radius 1 is 1.30 bits per heavy atom. The minimum atomic E-state index is 0.138. The standard InChI is InChI=1S/C15H18N4S/c1-8-5-6-17-14-13(8)18-15(16)19(14)10(3)12-7-9(2)20-11(12)4/h5-7,10H,1-4H3,(H2,16,18). The van der Waals surface area contributed by atoms with Crippen molar-refractivity contribution in [1.82, 2.24) is 14.5 Å². The summed E-state index contributed by atoms with van der Waals surface area (Å²) in [6, 6.07) is 4.33. The summed E-state index contributed by atoms with van der Waals surface area (Å²) in [6.45, 7) is 8.46. The van der Waals surface area contributed by atoms with Crippen molar-refractivity contribution in [3.05, 3.63) is 39.2 Å². The molecular formula is C15H18N4S. The highest BCUT2D eigenvalue weighted by atomic mass is 32.1. The second kappa shape index (κ2) is 4.59. The third-order valence-corrected chi connectivity index (χ3v) is 4.71. The first-order valence-electron chi connectivity index (χ1n) is 6.65. The second-order valence-corrected chi connectivity index (χ2v) is 6.65. The number of aryl methyl sites for hydroxylation is 3. The summed E-state index contributed by atoms with van der Waals surface area (Å²) in [5, 5.41) is 0. The third-order valence-electron chi connectivity index (χ3n) is 3.72. The van der Waals surface area contributed by atoms with E-state index in [0.717, 1.165) is 16.7 Å². The van der Waals surface area contributed by atoms with E-state index in [9.17, 15) is 0 Å². The van der Waals surface area contributed by atoms with E-state index in [-0.39, 0.29) is 6.04 Å². The second-order valence-electron chi connectivity index (χ2n) is 5.18. The zero-order valence-corrected chi connectivity index (χ0v) is 13.0. The van der Waals surface area contributed by atoms with Gasteiger partial charge < -0.3 is 5.73 Å². The van der Waals surface area contributed by atoms with Crippen LogP contribution in [0.3, 0.4) is 0 Å². The fourth-order valence-corrected chi connectivity index (χ4v) is 3.73. The molecule has 3 rings (SSSR count). The molecule has 3 aromatic heterocycles. The van der Waals surface area contributed by atoms with Crippen molar-refractivity contribution < 1.29 is 0 Å². The van der Waals surface area contributed by atoms with Crippen molar-refractivity contribution in [2.45, 2.75) is 33.7 Å². The minimum Gasteiger partial charge on any atom is -0.369 e. The van der Waals surface area contributed by atoms with Crippen LogP contribution in [-0.4, -0.2) is 14.5 Å². The number of pyridine rings is 1. The molecule has 0 fully saturated rings. The zero-order chi connectivity index (χ0) is 14.4. The largest absolute Gasteiger partial charge is 0.369 e. The van der Waals surface area contributed by atoms with Crippen molar-refractivity contribution in [3.63, 3.8) is 0 Å². The Hall–Kier alpha value is -1.88. The Balaban J connectivity index is 2.21. The van der Waals surface area contributed by atoms with Gasteiger partial charge in [0, 0.05) is 16.0 Å². The van der Waals surface area contributed by atoms with Gasteiger partial charge in [0.25, 0.3) is 0 Å². The Kier molecular flexibility index (Phi) is 3.01. The molecule has 0 aliphatic heterocycles. The lowest BCUT2D eigenvalue weighted by Crippen LogP contribution is -2.11. The Bertz CT molecular complexity index is 785. The number of anilines is 1. The number of rotatable bonds is 2. The smallest absolute Gasteiger partial charge is 0.203 e. The molecule has 0 bridgehead atoms. The summed E-state index contributed by atoms with van der Waals surface area (Å²) >= 11 is 1.81. The van der Waals surface area contributed by atoms with Crippen molar-refractivity contribution in [3.8, 4) is 0 Å². The van der Waals surface area contributed by atoms with Crippen LogP contribution in [0.25, 0.3) is 11.2 Å². The number of nitrogens with zero attached hydrogens (tertiary/aromatic N) is 3. The molecule has 0 saturated carbocycles. The van der Waals surface area contributed by atoms with Gasteiger partial charge in [-0.1, -0.05) is 0 Å². The van der Waals surface area contributed by atoms with E-state index in [2.05, 4.69) is 36.8 Å². The van der Waals surface area contributed by atoms with Gasteiger partial charge in [-0.3, -0.25) is 4.57 Å². The molecule has 3 aromatic rings. The SMILES string of the molecule is Cc1cc(C(C)n2c(N)nc3c(C)ccnc32)c(C)s1. The van der Waals surface area contributed by atoms with E-state index in [0.29, 0.717) is 5.95 Å². The number of hydrogen-bond donors (Lipinski definition) is 1. The average Bonchev–Trinajstić information content (AvgIpc) is 2.89. The summed E-state index contributed by atoms with van der Waals surface area (Å²) in [7, 11) is 0. The molecule has 4 nitrogen and oxygen atoms in total. The number of nitrogen functional groups attached to an aromatic ring is 1. The van der Waals surface area contributed by atoms with Crippen molar-refractivity contribution in [2.75, 3.05) is 5.73 Å². The maximum atomic E-state index is 6.13. The summed E-state index contributed by atoms with van der Waals surface area (Å²) in [4.78, 5) is 11.6. The molecule has 1 atom stereocenters. The van der Waals surface area contributed by atoms with Crippen LogP contribution in [-0.2, 0) is 0 Å². The summed E-state index contributed by atoms with van der Waals surface area (Å²) in [6.07, 6.45) is 1.81. The number of nitrogens with two attached hydrogens (primary N) is 1. The average molecular weight is 286 g/mol. The highest BCUT2D eigenvalue weighted by molar-refractivity contribution is 7.12. The first-order chi connectivity index (χ1) is 9.49. The number of fused-ring (bicyclic) bond motifs is 1. The molecule has 0 spiro atoms. The zero-order valence-electron chi connectivity index (χ0n) is 12.1. The third kappa shape index (κ3) is 1.89. The molecule has 0 aromatic carbocycles. The highest BCUT2D eigenvalue weighted by Crippen LogP contribution is 2.32.